The molecule has 5 heteroatoms. The number of nitrogens with two attached hydrogens (primary N) is 1. The summed E-state index contributed by atoms with van der Waals surface area (Å²) in [7, 11) is 0. The van der Waals surface area contributed by atoms with E-state index in [0.717, 1.165) is 12.8 Å². The van der Waals surface area contributed by atoms with E-state index >= 15 is 0 Å². The third kappa shape index (κ3) is 1.81. The molecular weight excluding hydrogens is 224 g/mol. The Morgan fingerprint density at radius 1 is 1.44 bits per heavy atom. The molecule has 0 aromatic heterocycles. The van der Waals surface area contributed by atoms with Crippen LogP contribution in [0.25, 0.3) is 0 Å². The lowest BCUT2D eigenvalue weighted by molar-refractivity contribution is 0.113. The molecule has 4 nitrogen and oxygen atoms in total. The quantitative estimate of drug-likeness (QED) is 0.768. The van der Waals surface area contributed by atoms with Crippen LogP contribution in [0.1, 0.15) is 39.0 Å². The van der Waals surface area contributed by atoms with Crippen molar-refractivity contribution in [3.05, 3.63) is 0 Å². The Morgan fingerprint density at radius 3 is 2.62 bits per heavy atom. The molecule has 90 valence electrons. The lowest BCUT2D eigenvalue weighted by atomic mass is 9.76. The molecule has 0 bridgehead atoms. The lowest BCUT2D eigenvalue weighted by Gasteiger charge is -2.40. The molecule has 1 aliphatic carbocycles. The van der Waals surface area contributed by atoms with E-state index in [1.807, 2.05) is 6.92 Å². The van der Waals surface area contributed by atoms with Crippen LogP contribution in [0.2, 0.25) is 0 Å². The molecule has 0 spiro atoms. The number of hydrogen-bond donors (Lipinski definition) is 1. The summed E-state index contributed by atoms with van der Waals surface area (Å²) in [6.07, 6.45) is 5.88. The first-order valence-electron chi connectivity index (χ1n) is 5.82. The van der Waals surface area contributed by atoms with E-state index in [4.69, 9.17) is 5.73 Å². The predicted octanol–water partition coefficient (Wildman–Crippen LogP) is 2.57. The summed E-state index contributed by atoms with van der Waals surface area (Å²) in [4.78, 5) is 24.3. The number of carbonyl (C=O) groups excluding carboxylic acids is 2. The van der Waals surface area contributed by atoms with E-state index in [1.54, 1.807) is 0 Å². The van der Waals surface area contributed by atoms with E-state index in [2.05, 4.69) is 0 Å². The molecule has 2 N–H and O–H groups in total. The molecule has 2 aliphatic rings. The van der Waals surface area contributed by atoms with Crippen LogP contribution < -0.4 is 5.73 Å². The summed E-state index contributed by atoms with van der Waals surface area (Å²) in [5.41, 5.74) is 4.97. The molecule has 3 amide bonds. The van der Waals surface area contributed by atoms with E-state index < -0.39 is 6.03 Å². The minimum absolute atomic E-state index is 0.180. The Kier molecular flexibility index (Phi) is 3.15. The van der Waals surface area contributed by atoms with Crippen molar-refractivity contribution in [2.75, 3.05) is 5.75 Å². The Hall–Kier alpha value is -0.710. The fraction of sp³-hybridized carbons (Fsp3) is 0.818. The summed E-state index contributed by atoms with van der Waals surface area (Å²) in [5.74, 6) is 1.12. The molecule has 1 heterocycles. The minimum atomic E-state index is -0.594. The van der Waals surface area contributed by atoms with Crippen molar-refractivity contribution in [2.24, 2.45) is 11.7 Å². The number of amides is 3. The molecular formula is C11H18N2O2S. The van der Waals surface area contributed by atoms with Gasteiger partial charge in [-0.15, -0.1) is 0 Å². The molecule has 0 radical (unpaired) electrons. The Labute approximate surface area is 99.9 Å². The summed E-state index contributed by atoms with van der Waals surface area (Å²) < 4.78 is 0. The fourth-order valence-corrected chi connectivity index (χ4v) is 4.12. The van der Waals surface area contributed by atoms with Gasteiger partial charge in [-0.1, -0.05) is 31.0 Å². The highest BCUT2D eigenvalue weighted by molar-refractivity contribution is 8.14. The molecule has 0 aromatic rings. The molecule has 1 unspecified atom stereocenters. The third-order valence-electron chi connectivity index (χ3n) is 3.89. The van der Waals surface area contributed by atoms with Crippen molar-refractivity contribution < 1.29 is 9.59 Å². The molecule has 16 heavy (non-hydrogen) atoms. The number of thioether (sulfide) groups is 1. The maximum Gasteiger partial charge on any atom is 0.322 e. The third-order valence-corrected chi connectivity index (χ3v) is 5.04. The van der Waals surface area contributed by atoms with Crippen molar-refractivity contribution in [1.29, 1.82) is 0 Å². The highest BCUT2D eigenvalue weighted by Gasteiger charge is 2.50. The van der Waals surface area contributed by atoms with E-state index in [-0.39, 0.29) is 10.8 Å². The van der Waals surface area contributed by atoms with Gasteiger partial charge in [-0.25, -0.2) is 9.69 Å². The van der Waals surface area contributed by atoms with Crippen molar-refractivity contribution in [2.45, 2.75) is 44.6 Å². The topological polar surface area (TPSA) is 63.4 Å². The second-order valence-electron chi connectivity index (χ2n) is 4.92. The van der Waals surface area contributed by atoms with Gasteiger partial charge >= 0.3 is 6.03 Å². The number of rotatable bonds is 1. The zero-order valence-corrected chi connectivity index (χ0v) is 10.4. The van der Waals surface area contributed by atoms with Gasteiger partial charge in [-0.05, 0) is 25.7 Å². The highest BCUT2D eigenvalue weighted by Crippen LogP contribution is 2.43. The van der Waals surface area contributed by atoms with Crippen molar-refractivity contribution in [1.82, 2.24) is 4.90 Å². The number of urea groups is 1. The number of primary amides is 1. The Balaban J connectivity index is 2.21. The summed E-state index contributed by atoms with van der Waals surface area (Å²) in [6, 6.07) is -0.594. The first kappa shape index (κ1) is 11.8. The van der Waals surface area contributed by atoms with E-state index in [0.29, 0.717) is 11.7 Å². The molecule has 1 saturated carbocycles. The largest absolute Gasteiger partial charge is 0.351 e. The SMILES string of the molecule is CC1(C2CCCCC2)CSC(=O)N1C(N)=O. The number of nitrogens with zero attached hydrogens (tertiary/aromatic N) is 1. The first-order valence-corrected chi connectivity index (χ1v) is 6.80. The molecule has 2 rings (SSSR count). The normalized spacial score (nSPS) is 32.1. The van der Waals surface area contributed by atoms with Crippen LogP contribution in [0.5, 0.6) is 0 Å². The van der Waals surface area contributed by atoms with Gasteiger partial charge in [-0.3, -0.25) is 4.79 Å². The molecule has 0 aromatic carbocycles. The Bertz CT molecular complexity index is 315. The monoisotopic (exact) mass is 242 g/mol. The number of carbonyl (C=O) groups is 2. The van der Waals surface area contributed by atoms with Crippen LogP contribution in [0.3, 0.4) is 0 Å². The van der Waals surface area contributed by atoms with Gasteiger partial charge in [-0.2, -0.15) is 0 Å². The highest BCUT2D eigenvalue weighted by atomic mass is 32.2. The van der Waals surface area contributed by atoms with Crippen LogP contribution in [0, 0.1) is 5.92 Å². The zero-order chi connectivity index (χ0) is 11.8. The number of hydrogen-bond acceptors (Lipinski definition) is 3. The fourth-order valence-electron chi connectivity index (χ4n) is 2.91. The van der Waals surface area contributed by atoms with Gasteiger partial charge in [0.05, 0.1) is 5.54 Å². The van der Waals surface area contributed by atoms with Crippen molar-refractivity contribution in [3.63, 3.8) is 0 Å². The zero-order valence-electron chi connectivity index (χ0n) is 9.57. The average molecular weight is 242 g/mol. The van der Waals surface area contributed by atoms with Crippen LogP contribution in [-0.2, 0) is 0 Å². The van der Waals surface area contributed by atoms with Gasteiger partial charge in [0.25, 0.3) is 5.24 Å². The van der Waals surface area contributed by atoms with Gasteiger partial charge in [0.1, 0.15) is 0 Å². The second-order valence-corrected chi connectivity index (χ2v) is 5.85. The van der Waals surface area contributed by atoms with Gasteiger partial charge in [0.15, 0.2) is 0 Å². The minimum Gasteiger partial charge on any atom is -0.351 e. The average Bonchev–Trinajstić information content (AvgIpc) is 2.57. The van der Waals surface area contributed by atoms with Gasteiger partial charge in [0, 0.05) is 5.75 Å². The van der Waals surface area contributed by atoms with Gasteiger partial charge in [0.2, 0.25) is 0 Å². The summed E-state index contributed by atoms with van der Waals surface area (Å²) >= 11 is 1.22. The van der Waals surface area contributed by atoms with Gasteiger partial charge < -0.3 is 5.73 Å². The first-order chi connectivity index (χ1) is 7.55. The molecule has 1 aliphatic heterocycles. The van der Waals surface area contributed by atoms with Crippen LogP contribution in [-0.4, -0.2) is 27.5 Å². The second kappa shape index (κ2) is 4.28. The lowest BCUT2D eigenvalue weighted by Crippen LogP contribution is -2.55. The molecule has 1 atom stereocenters. The van der Waals surface area contributed by atoms with Crippen molar-refractivity contribution >= 4 is 23.0 Å². The van der Waals surface area contributed by atoms with E-state index in [1.165, 1.54) is 35.9 Å². The summed E-state index contributed by atoms with van der Waals surface area (Å²) in [5, 5.41) is -0.180. The number of imide groups is 1. The maximum absolute atomic E-state index is 11.7. The molecule has 1 saturated heterocycles. The van der Waals surface area contributed by atoms with Crippen molar-refractivity contribution in [3.8, 4) is 0 Å². The van der Waals surface area contributed by atoms with Crippen LogP contribution in [0.4, 0.5) is 9.59 Å². The standard InChI is InChI=1S/C11H18N2O2S/c1-11(8-5-3-2-4-6-8)7-16-10(15)13(11)9(12)14/h8H,2-7H2,1H3,(H2,12,14). The summed E-state index contributed by atoms with van der Waals surface area (Å²) in [6.45, 7) is 2.01. The van der Waals surface area contributed by atoms with Crippen LogP contribution in [0.15, 0.2) is 0 Å². The predicted molar refractivity (Wildman–Crippen MR) is 64.3 cm³/mol. The van der Waals surface area contributed by atoms with E-state index in [9.17, 15) is 9.59 Å². The molecule has 2 fully saturated rings. The maximum atomic E-state index is 11.7. The Morgan fingerprint density at radius 2 is 2.06 bits per heavy atom. The van der Waals surface area contributed by atoms with Crippen LogP contribution >= 0.6 is 11.8 Å². The smallest absolute Gasteiger partial charge is 0.322 e.